The summed E-state index contributed by atoms with van der Waals surface area (Å²) in [5.41, 5.74) is 1.50. The molecule has 0 amide bonds. The van der Waals surface area contributed by atoms with Gasteiger partial charge in [-0.25, -0.2) is 0 Å². The second kappa shape index (κ2) is 12.4. The quantitative estimate of drug-likeness (QED) is 0.104. The van der Waals surface area contributed by atoms with Gasteiger partial charge in [-0.1, -0.05) is 0 Å². The van der Waals surface area contributed by atoms with Crippen LogP contribution in [0.4, 0.5) is 0 Å². The van der Waals surface area contributed by atoms with E-state index in [2.05, 4.69) is 131 Å². The van der Waals surface area contributed by atoms with E-state index in [1.807, 2.05) is 6.92 Å². The van der Waals surface area contributed by atoms with Crippen LogP contribution in [0.5, 0.6) is 0 Å². The molecule has 0 aliphatic carbocycles. The fraction of sp³-hybridized carbons (Fsp3) is 0.290. The van der Waals surface area contributed by atoms with E-state index in [0.717, 1.165) is 19.0 Å². The predicted molar refractivity (Wildman–Crippen MR) is 154 cm³/mol. The third kappa shape index (κ3) is 6.06. The van der Waals surface area contributed by atoms with Crippen molar-refractivity contribution in [2.45, 2.75) is 52.4 Å². The van der Waals surface area contributed by atoms with Crippen molar-refractivity contribution in [3.05, 3.63) is 103 Å². The second-order valence-electron chi connectivity index (χ2n) is 8.74. The molecule has 0 fully saturated rings. The first-order valence-corrected chi connectivity index (χ1v) is 16.5. The van der Waals surface area contributed by atoms with Crippen molar-refractivity contribution >= 4 is 36.7 Å². The fourth-order valence-electron chi connectivity index (χ4n) is 4.66. The molecule has 0 aromatic heterocycles. The van der Waals surface area contributed by atoms with E-state index in [0.29, 0.717) is 0 Å². The molecular weight excluding hydrogens is 483 g/mol. The Morgan fingerprint density at radius 2 is 1.24 bits per heavy atom. The molecule has 0 bridgehead atoms. The first kappa shape index (κ1) is 25.5. The third-order valence-electron chi connectivity index (χ3n) is 6.47. The SMILES string of the molecule is CC#CCC/C=C(\C)CCCCCP(Br)(c1ccccc1)(c1ccccc1)c1ccccc1. The Labute approximate surface area is 209 Å². The van der Waals surface area contributed by atoms with Gasteiger partial charge in [0.2, 0.25) is 0 Å². The summed E-state index contributed by atoms with van der Waals surface area (Å²) < 4.78 is 0. The van der Waals surface area contributed by atoms with Crippen molar-refractivity contribution in [1.29, 1.82) is 0 Å². The number of unbranched alkanes of at least 4 members (excludes halogenated alkanes) is 3. The summed E-state index contributed by atoms with van der Waals surface area (Å²) in [6.45, 7) is 4.18. The molecule has 0 unspecified atom stereocenters. The van der Waals surface area contributed by atoms with E-state index in [4.69, 9.17) is 0 Å². The number of benzene rings is 3. The van der Waals surface area contributed by atoms with Crippen molar-refractivity contribution in [2.75, 3.05) is 6.16 Å². The van der Waals surface area contributed by atoms with Crippen LogP contribution in [0.15, 0.2) is 103 Å². The molecule has 0 spiro atoms. The predicted octanol–water partition coefficient (Wildman–Crippen LogP) is 8.14. The van der Waals surface area contributed by atoms with Gasteiger partial charge < -0.3 is 0 Å². The number of hydrogen-bond donors (Lipinski definition) is 0. The zero-order valence-electron chi connectivity index (χ0n) is 20.0. The fourth-order valence-corrected chi connectivity index (χ4v) is 12.4. The summed E-state index contributed by atoms with van der Waals surface area (Å²) in [5.74, 6) is 6.13. The molecule has 2 heteroatoms. The molecule has 33 heavy (non-hydrogen) atoms. The van der Waals surface area contributed by atoms with Crippen LogP contribution < -0.4 is 15.9 Å². The van der Waals surface area contributed by atoms with Crippen LogP contribution in [0.1, 0.15) is 52.4 Å². The minimum absolute atomic E-state index is 0.970. The van der Waals surface area contributed by atoms with E-state index in [9.17, 15) is 0 Å². The van der Waals surface area contributed by atoms with Gasteiger partial charge in [-0.3, -0.25) is 0 Å². The Morgan fingerprint density at radius 1 is 0.758 bits per heavy atom. The Balaban J connectivity index is 1.85. The zero-order valence-corrected chi connectivity index (χ0v) is 22.5. The zero-order chi connectivity index (χ0) is 23.4. The summed E-state index contributed by atoms with van der Waals surface area (Å²) >= 11 is 4.55. The van der Waals surface area contributed by atoms with Gasteiger partial charge in [0.15, 0.2) is 0 Å². The standard InChI is InChI=1S/C31H36BrP/c1-3-4-5-10-19-28(2)20-11-9-18-27-33(32,29-21-12-6-13-22-29,30-23-14-7-15-24-30)31-25-16-8-17-26-31/h6-8,12-17,19,21-26H,5,9-11,18,20,27H2,1-2H3/b28-19+. The Kier molecular flexibility index (Phi) is 9.55. The number of halogens is 1. The van der Waals surface area contributed by atoms with Gasteiger partial charge in [-0.2, -0.15) is 0 Å². The van der Waals surface area contributed by atoms with E-state index < -0.39 is 5.31 Å². The van der Waals surface area contributed by atoms with Crippen LogP contribution >= 0.6 is 20.8 Å². The summed E-state index contributed by atoms with van der Waals surface area (Å²) in [4.78, 5) is 0. The van der Waals surface area contributed by atoms with Crippen molar-refractivity contribution in [3.8, 4) is 11.8 Å². The van der Waals surface area contributed by atoms with Crippen molar-refractivity contribution in [3.63, 3.8) is 0 Å². The summed E-state index contributed by atoms with van der Waals surface area (Å²) in [5, 5.41) is 1.47. The molecule has 172 valence electrons. The molecule has 3 rings (SSSR count). The molecule has 0 radical (unpaired) electrons. The Hall–Kier alpha value is -2.13. The van der Waals surface area contributed by atoms with Gasteiger partial charge in [-0.15, -0.1) is 0 Å². The molecule has 3 aromatic carbocycles. The van der Waals surface area contributed by atoms with E-state index in [1.165, 1.54) is 47.2 Å². The molecule has 0 aliphatic rings. The number of hydrogen-bond acceptors (Lipinski definition) is 0. The van der Waals surface area contributed by atoms with Crippen LogP contribution in [-0.2, 0) is 0 Å². The van der Waals surface area contributed by atoms with Crippen LogP contribution in [0.2, 0.25) is 0 Å². The topological polar surface area (TPSA) is 0 Å². The minimum atomic E-state index is -2.76. The maximum absolute atomic E-state index is 4.55. The molecular formula is C31H36BrP. The van der Waals surface area contributed by atoms with Gasteiger partial charge in [0, 0.05) is 0 Å². The van der Waals surface area contributed by atoms with Gasteiger partial charge in [0.1, 0.15) is 0 Å². The van der Waals surface area contributed by atoms with Crippen molar-refractivity contribution in [2.24, 2.45) is 0 Å². The second-order valence-corrected chi connectivity index (χ2v) is 17.8. The van der Waals surface area contributed by atoms with E-state index in [-0.39, 0.29) is 0 Å². The van der Waals surface area contributed by atoms with Gasteiger partial charge in [0.05, 0.1) is 0 Å². The van der Waals surface area contributed by atoms with Gasteiger partial charge in [-0.05, 0) is 0 Å². The van der Waals surface area contributed by atoms with E-state index >= 15 is 0 Å². The van der Waals surface area contributed by atoms with Crippen LogP contribution in [0.3, 0.4) is 0 Å². The van der Waals surface area contributed by atoms with Crippen LogP contribution in [0.25, 0.3) is 0 Å². The Bertz CT molecular complexity index is 976. The third-order valence-corrected chi connectivity index (χ3v) is 16.5. The molecule has 0 N–H and O–H groups in total. The average molecular weight is 520 g/mol. The maximum atomic E-state index is 4.55. The van der Waals surface area contributed by atoms with Crippen molar-refractivity contribution < 1.29 is 0 Å². The number of rotatable bonds is 11. The molecule has 0 aliphatic heterocycles. The average Bonchev–Trinajstić information content (AvgIpc) is 2.88. The molecule has 3 aromatic rings. The summed E-state index contributed by atoms with van der Waals surface area (Å²) in [6, 6.07) is 33.4. The van der Waals surface area contributed by atoms with Crippen molar-refractivity contribution in [1.82, 2.24) is 0 Å². The van der Waals surface area contributed by atoms with Crippen LogP contribution in [-0.4, -0.2) is 6.16 Å². The summed E-state index contributed by atoms with van der Waals surface area (Å²) in [7, 11) is 0. The Morgan fingerprint density at radius 3 is 1.70 bits per heavy atom. The summed E-state index contributed by atoms with van der Waals surface area (Å²) in [6.07, 6.45) is 10.4. The van der Waals surface area contributed by atoms with E-state index in [1.54, 1.807) is 0 Å². The molecule has 0 atom stereocenters. The van der Waals surface area contributed by atoms with Gasteiger partial charge in [0.25, 0.3) is 0 Å². The normalized spacial score (nSPS) is 12.9. The van der Waals surface area contributed by atoms with Crippen LogP contribution in [0, 0.1) is 11.8 Å². The molecule has 0 heterocycles. The molecule has 0 nitrogen and oxygen atoms in total. The number of allylic oxidation sites excluding steroid dienone is 2. The van der Waals surface area contributed by atoms with Gasteiger partial charge >= 0.3 is 210 Å². The monoisotopic (exact) mass is 518 g/mol. The molecule has 0 saturated carbocycles. The molecule has 0 saturated heterocycles. The first-order chi connectivity index (χ1) is 16.1. The first-order valence-electron chi connectivity index (χ1n) is 12.0.